The fourth-order valence-electron chi connectivity index (χ4n) is 2.62. The van der Waals surface area contributed by atoms with E-state index in [4.69, 9.17) is 5.73 Å². The van der Waals surface area contributed by atoms with Gasteiger partial charge in [-0.15, -0.1) is 0 Å². The lowest BCUT2D eigenvalue weighted by Crippen LogP contribution is -2.51. The molecule has 0 aliphatic heterocycles. The van der Waals surface area contributed by atoms with E-state index in [1.54, 1.807) is 0 Å². The summed E-state index contributed by atoms with van der Waals surface area (Å²) in [6.07, 6.45) is -1.57. The first-order valence-corrected chi connectivity index (χ1v) is 6.67. The number of nitrogens with two attached hydrogens (primary N) is 1. The Morgan fingerprint density at radius 2 is 1.90 bits per heavy atom. The van der Waals surface area contributed by atoms with Crippen molar-refractivity contribution in [3.8, 4) is 0 Å². The number of amides is 1. The summed E-state index contributed by atoms with van der Waals surface area (Å²) >= 11 is 0. The zero-order valence-corrected chi connectivity index (χ0v) is 11.3. The Morgan fingerprint density at radius 1 is 1.29 bits per heavy atom. The van der Waals surface area contributed by atoms with Gasteiger partial charge < -0.3 is 11.1 Å². The van der Waals surface area contributed by atoms with Gasteiger partial charge in [-0.25, -0.2) is 4.39 Å². The largest absolute Gasteiger partial charge is 0.416 e. The zero-order chi connectivity index (χ0) is 15.7. The molecule has 0 heterocycles. The highest BCUT2D eigenvalue weighted by Gasteiger charge is 2.36. The molecule has 1 aliphatic rings. The van der Waals surface area contributed by atoms with Gasteiger partial charge in [-0.2, -0.15) is 13.2 Å². The summed E-state index contributed by atoms with van der Waals surface area (Å²) in [4.78, 5) is 12.1. The Labute approximate surface area is 119 Å². The minimum atomic E-state index is -4.62. The number of rotatable bonds is 3. The molecule has 1 aromatic rings. The molecule has 3 N–H and O–H groups in total. The first-order chi connectivity index (χ1) is 9.77. The van der Waals surface area contributed by atoms with E-state index in [1.807, 2.05) is 0 Å². The number of nitrogens with one attached hydrogen (secondary N) is 1. The maximum absolute atomic E-state index is 13.7. The quantitative estimate of drug-likeness (QED) is 0.844. The van der Waals surface area contributed by atoms with Gasteiger partial charge >= 0.3 is 6.18 Å². The molecule has 0 bridgehead atoms. The van der Waals surface area contributed by atoms with Crippen LogP contribution < -0.4 is 11.1 Å². The van der Waals surface area contributed by atoms with E-state index in [9.17, 15) is 22.4 Å². The number of halogens is 4. The standard InChI is InChI=1S/C14H16F4N2O/c15-11-4-3-9(14(16,17)18)7-10(11)12(21)20-13(8-19)5-1-2-6-13/h3-4,7H,1-2,5-6,8,19H2,(H,20,21). The molecule has 1 amide bonds. The average Bonchev–Trinajstić information content (AvgIpc) is 2.87. The second-order valence-electron chi connectivity index (χ2n) is 5.34. The van der Waals surface area contributed by atoms with Crippen molar-refractivity contribution in [2.45, 2.75) is 37.4 Å². The SMILES string of the molecule is NCC1(NC(=O)c2cc(C(F)(F)F)ccc2F)CCCC1. The van der Waals surface area contributed by atoms with E-state index in [-0.39, 0.29) is 6.54 Å². The Morgan fingerprint density at radius 3 is 2.43 bits per heavy atom. The summed E-state index contributed by atoms with van der Waals surface area (Å²) in [7, 11) is 0. The van der Waals surface area contributed by atoms with Gasteiger partial charge in [0.15, 0.2) is 0 Å². The van der Waals surface area contributed by atoms with Crippen molar-refractivity contribution >= 4 is 5.91 Å². The van der Waals surface area contributed by atoms with Gasteiger partial charge in [0.1, 0.15) is 5.82 Å². The third-order valence-corrected chi connectivity index (χ3v) is 3.87. The van der Waals surface area contributed by atoms with Gasteiger partial charge in [0.2, 0.25) is 0 Å². The lowest BCUT2D eigenvalue weighted by Gasteiger charge is -2.28. The van der Waals surface area contributed by atoms with E-state index >= 15 is 0 Å². The Hall–Kier alpha value is -1.63. The van der Waals surface area contributed by atoms with Crippen LogP contribution in [0.2, 0.25) is 0 Å². The molecule has 1 fully saturated rings. The summed E-state index contributed by atoms with van der Waals surface area (Å²) < 4.78 is 51.6. The van der Waals surface area contributed by atoms with Gasteiger partial charge in [0.25, 0.3) is 5.91 Å². The van der Waals surface area contributed by atoms with Crippen molar-refractivity contribution in [3.63, 3.8) is 0 Å². The van der Waals surface area contributed by atoms with Crippen molar-refractivity contribution in [2.75, 3.05) is 6.54 Å². The summed E-state index contributed by atoms with van der Waals surface area (Å²) in [6, 6.07) is 1.80. The smallest absolute Gasteiger partial charge is 0.345 e. The molecule has 0 spiro atoms. The summed E-state index contributed by atoms with van der Waals surface area (Å²) in [5, 5.41) is 2.61. The van der Waals surface area contributed by atoms with Crippen molar-refractivity contribution in [3.05, 3.63) is 35.1 Å². The van der Waals surface area contributed by atoms with Gasteiger partial charge in [0.05, 0.1) is 16.7 Å². The Kier molecular flexibility index (Phi) is 4.22. The molecular formula is C14H16F4N2O. The zero-order valence-electron chi connectivity index (χ0n) is 11.3. The second-order valence-corrected chi connectivity index (χ2v) is 5.34. The van der Waals surface area contributed by atoms with Crippen LogP contribution in [-0.2, 0) is 6.18 Å². The molecule has 0 unspecified atom stereocenters. The second kappa shape index (κ2) is 5.63. The molecule has 1 aromatic carbocycles. The first-order valence-electron chi connectivity index (χ1n) is 6.67. The highest BCUT2D eigenvalue weighted by atomic mass is 19.4. The fraction of sp³-hybridized carbons (Fsp3) is 0.500. The van der Waals surface area contributed by atoms with Crippen molar-refractivity contribution in [1.82, 2.24) is 5.32 Å². The predicted molar refractivity (Wildman–Crippen MR) is 69.1 cm³/mol. The molecule has 1 aliphatic carbocycles. The molecule has 0 atom stereocenters. The van der Waals surface area contributed by atoms with Crippen LogP contribution in [0.5, 0.6) is 0 Å². The first kappa shape index (κ1) is 15.8. The summed E-state index contributed by atoms with van der Waals surface area (Å²) in [5.74, 6) is -1.84. The highest BCUT2D eigenvalue weighted by molar-refractivity contribution is 5.95. The van der Waals surface area contributed by atoms with E-state index in [0.717, 1.165) is 12.8 Å². The van der Waals surface area contributed by atoms with Crippen LogP contribution in [0.1, 0.15) is 41.6 Å². The van der Waals surface area contributed by atoms with Crippen LogP contribution in [0.3, 0.4) is 0 Å². The van der Waals surface area contributed by atoms with E-state index in [2.05, 4.69) is 5.32 Å². The molecule has 0 radical (unpaired) electrons. The predicted octanol–water partition coefficient (Wildman–Crippen LogP) is 2.85. The van der Waals surface area contributed by atoms with E-state index < -0.39 is 34.6 Å². The number of hydrogen-bond donors (Lipinski definition) is 2. The molecule has 3 nitrogen and oxygen atoms in total. The lowest BCUT2D eigenvalue weighted by molar-refractivity contribution is -0.137. The third-order valence-electron chi connectivity index (χ3n) is 3.87. The number of carbonyl (C=O) groups is 1. The van der Waals surface area contributed by atoms with E-state index in [0.29, 0.717) is 31.0 Å². The number of alkyl halides is 3. The molecule has 116 valence electrons. The van der Waals surface area contributed by atoms with Gasteiger partial charge in [-0.3, -0.25) is 4.79 Å². The van der Waals surface area contributed by atoms with Crippen LogP contribution in [0.25, 0.3) is 0 Å². The van der Waals surface area contributed by atoms with Crippen LogP contribution in [0, 0.1) is 5.82 Å². The van der Waals surface area contributed by atoms with Crippen LogP contribution in [0.15, 0.2) is 18.2 Å². The normalized spacial score (nSPS) is 17.8. The maximum Gasteiger partial charge on any atom is 0.416 e. The topological polar surface area (TPSA) is 55.1 Å². The highest BCUT2D eigenvalue weighted by Crippen LogP contribution is 2.32. The molecule has 1 saturated carbocycles. The molecule has 7 heteroatoms. The average molecular weight is 304 g/mol. The lowest BCUT2D eigenvalue weighted by atomic mass is 9.97. The minimum Gasteiger partial charge on any atom is -0.345 e. The van der Waals surface area contributed by atoms with E-state index in [1.165, 1.54) is 0 Å². The monoisotopic (exact) mass is 304 g/mol. The Bertz CT molecular complexity index is 536. The van der Waals surface area contributed by atoms with Gasteiger partial charge in [-0.05, 0) is 31.0 Å². The van der Waals surface area contributed by atoms with Crippen molar-refractivity contribution in [1.29, 1.82) is 0 Å². The molecular weight excluding hydrogens is 288 g/mol. The van der Waals surface area contributed by atoms with Crippen LogP contribution in [0.4, 0.5) is 17.6 Å². The van der Waals surface area contributed by atoms with Crippen molar-refractivity contribution < 1.29 is 22.4 Å². The summed E-state index contributed by atoms with van der Waals surface area (Å²) in [5.41, 5.74) is 3.34. The number of benzene rings is 1. The maximum atomic E-state index is 13.7. The van der Waals surface area contributed by atoms with Gasteiger partial charge in [-0.1, -0.05) is 12.8 Å². The van der Waals surface area contributed by atoms with Crippen molar-refractivity contribution in [2.24, 2.45) is 5.73 Å². The molecule has 21 heavy (non-hydrogen) atoms. The van der Waals surface area contributed by atoms with Crippen LogP contribution in [-0.4, -0.2) is 18.0 Å². The fourth-order valence-corrected chi connectivity index (χ4v) is 2.62. The van der Waals surface area contributed by atoms with Gasteiger partial charge in [0, 0.05) is 6.54 Å². The third kappa shape index (κ3) is 3.34. The minimum absolute atomic E-state index is 0.180. The molecule has 0 aromatic heterocycles. The number of carbonyl (C=O) groups excluding carboxylic acids is 1. The van der Waals surface area contributed by atoms with Crippen LogP contribution >= 0.6 is 0 Å². The Balaban J connectivity index is 2.26. The summed E-state index contributed by atoms with van der Waals surface area (Å²) in [6.45, 7) is 0.180. The molecule has 0 saturated heterocycles. The number of hydrogen-bond acceptors (Lipinski definition) is 2. The molecule has 2 rings (SSSR count).